The van der Waals surface area contributed by atoms with Crippen LogP contribution in [0.4, 0.5) is 16.3 Å². The Morgan fingerprint density at radius 1 is 1.44 bits per heavy atom. The fourth-order valence-corrected chi connectivity index (χ4v) is 1.82. The number of nitrogens with one attached hydrogen (secondary N) is 1. The van der Waals surface area contributed by atoms with Crippen LogP contribution in [0.15, 0.2) is 16.7 Å². The van der Waals surface area contributed by atoms with E-state index in [1.807, 2.05) is 39.8 Å². The van der Waals surface area contributed by atoms with Crippen LogP contribution < -0.4 is 10.2 Å². The Hall–Kier alpha value is -1.30. The molecule has 0 saturated heterocycles. The Bertz CT molecular complexity index is 441. The molecule has 0 aliphatic carbocycles. The second-order valence-electron chi connectivity index (χ2n) is 5.04. The molecular formula is C12H18BrN3O2. The minimum Gasteiger partial charge on any atom is -0.444 e. The Morgan fingerprint density at radius 2 is 2.06 bits per heavy atom. The molecular weight excluding hydrogens is 298 g/mol. The summed E-state index contributed by atoms with van der Waals surface area (Å²) in [7, 11) is 3.83. The monoisotopic (exact) mass is 315 g/mol. The van der Waals surface area contributed by atoms with Gasteiger partial charge in [-0.2, -0.15) is 0 Å². The van der Waals surface area contributed by atoms with E-state index in [4.69, 9.17) is 4.74 Å². The van der Waals surface area contributed by atoms with Crippen LogP contribution in [0.5, 0.6) is 0 Å². The number of anilines is 2. The summed E-state index contributed by atoms with van der Waals surface area (Å²) in [6.45, 7) is 5.44. The quantitative estimate of drug-likeness (QED) is 0.910. The van der Waals surface area contributed by atoms with E-state index in [9.17, 15) is 4.79 Å². The molecule has 6 heteroatoms. The molecule has 0 aromatic carbocycles. The van der Waals surface area contributed by atoms with Crippen molar-refractivity contribution >= 4 is 33.5 Å². The maximum atomic E-state index is 11.6. The maximum absolute atomic E-state index is 11.6. The molecule has 0 spiro atoms. The summed E-state index contributed by atoms with van der Waals surface area (Å²) in [6, 6.07) is 1.77. The molecule has 0 unspecified atom stereocenters. The summed E-state index contributed by atoms with van der Waals surface area (Å²) in [5.74, 6) is 0.455. The van der Waals surface area contributed by atoms with Crippen LogP contribution >= 0.6 is 15.9 Å². The summed E-state index contributed by atoms with van der Waals surface area (Å²) in [6.07, 6.45) is 1.13. The second-order valence-corrected chi connectivity index (χ2v) is 5.90. The first-order valence-electron chi connectivity index (χ1n) is 5.52. The molecule has 0 fully saturated rings. The van der Waals surface area contributed by atoms with Crippen molar-refractivity contribution in [2.75, 3.05) is 24.3 Å². The number of ether oxygens (including phenoxy) is 1. The van der Waals surface area contributed by atoms with E-state index in [0.717, 1.165) is 10.2 Å². The van der Waals surface area contributed by atoms with Gasteiger partial charge in [0.25, 0.3) is 0 Å². The van der Waals surface area contributed by atoms with Gasteiger partial charge in [-0.25, -0.2) is 9.78 Å². The molecule has 0 radical (unpaired) electrons. The van der Waals surface area contributed by atoms with Gasteiger partial charge >= 0.3 is 6.09 Å². The van der Waals surface area contributed by atoms with Crippen molar-refractivity contribution in [3.05, 3.63) is 16.7 Å². The van der Waals surface area contributed by atoms with Gasteiger partial charge in [0.2, 0.25) is 0 Å². The van der Waals surface area contributed by atoms with Crippen molar-refractivity contribution in [3.63, 3.8) is 0 Å². The lowest BCUT2D eigenvalue weighted by Crippen LogP contribution is -2.27. The third-order valence-electron chi connectivity index (χ3n) is 1.95. The molecule has 1 N–H and O–H groups in total. The number of amides is 1. The summed E-state index contributed by atoms with van der Waals surface area (Å²) in [5.41, 5.74) is 0.403. The SMILES string of the molecule is CN(C)c1cc(NC(=O)OC(C)(C)C)ncc1Br. The predicted octanol–water partition coefficient (Wildman–Crippen LogP) is 3.26. The molecule has 0 saturated carbocycles. The average Bonchev–Trinajstić information content (AvgIpc) is 2.17. The van der Waals surface area contributed by atoms with E-state index < -0.39 is 11.7 Å². The molecule has 5 nitrogen and oxygen atoms in total. The van der Waals surface area contributed by atoms with Gasteiger partial charge in [-0.3, -0.25) is 5.32 Å². The fourth-order valence-electron chi connectivity index (χ4n) is 1.25. The van der Waals surface area contributed by atoms with E-state index in [0.29, 0.717) is 5.82 Å². The number of carbonyl (C=O) groups excluding carboxylic acids is 1. The van der Waals surface area contributed by atoms with E-state index in [2.05, 4.69) is 26.2 Å². The average molecular weight is 316 g/mol. The Labute approximate surface area is 116 Å². The Balaban J connectivity index is 2.80. The molecule has 0 bridgehead atoms. The highest BCUT2D eigenvalue weighted by molar-refractivity contribution is 9.10. The van der Waals surface area contributed by atoms with Crippen molar-refractivity contribution < 1.29 is 9.53 Å². The number of pyridine rings is 1. The molecule has 1 amide bonds. The van der Waals surface area contributed by atoms with Crippen molar-refractivity contribution in [2.24, 2.45) is 0 Å². The molecule has 1 heterocycles. The molecule has 1 aromatic heterocycles. The van der Waals surface area contributed by atoms with Crippen LogP contribution in [-0.4, -0.2) is 30.8 Å². The highest BCUT2D eigenvalue weighted by Crippen LogP contribution is 2.26. The van der Waals surface area contributed by atoms with Gasteiger partial charge in [0.05, 0.1) is 10.2 Å². The summed E-state index contributed by atoms with van der Waals surface area (Å²) < 4.78 is 6.02. The van der Waals surface area contributed by atoms with Gasteiger partial charge in [-0.1, -0.05) is 0 Å². The van der Waals surface area contributed by atoms with Gasteiger partial charge in [0, 0.05) is 26.4 Å². The number of nitrogens with zero attached hydrogens (tertiary/aromatic N) is 2. The summed E-state index contributed by atoms with van der Waals surface area (Å²) in [5, 5.41) is 2.60. The zero-order valence-corrected chi connectivity index (χ0v) is 12.8. The van der Waals surface area contributed by atoms with Crippen LogP contribution in [0.1, 0.15) is 20.8 Å². The van der Waals surface area contributed by atoms with E-state index >= 15 is 0 Å². The van der Waals surface area contributed by atoms with E-state index in [1.54, 1.807) is 12.3 Å². The fraction of sp³-hybridized carbons (Fsp3) is 0.500. The van der Waals surface area contributed by atoms with Crippen LogP contribution in [0, 0.1) is 0 Å². The smallest absolute Gasteiger partial charge is 0.413 e. The number of carbonyl (C=O) groups is 1. The first-order valence-corrected chi connectivity index (χ1v) is 6.31. The van der Waals surface area contributed by atoms with Gasteiger partial charge < -0.3 is 9.64 Å². The molecule has 1 aromatic rings. The first kappa shape index (κ1) is 14.8. The van der Waals surface area contributed by atoms with E-state index in [1.165, 1.54) is 0 Å². The normalized spacial score (nSPS) is 11.0. The molecule has 18 heavy (non-hydrogen) atoms. The standard InChI is InChI=1S/C12H18BrN3O2/c1-12(2,3)18-11(17)15-10-6-9(16(4)5)8(13)7-14-10/h6-7H,1-5H3,(H,14,15,17). The van der Waals surface area contributed by atoms with Crippen LogP contribution in [-0.2, 0) is 4.74 Å². The Kier molecular flexibility index (Phi) is 4.56. The number of halogens is 1. The number of rotatable bonds is 2. The molecule has 0 aliphatic rings. The van der Waals surface area contributed by atoms with Crippen molar-refractivity contribution in [3.8, 4) is 0 Å². The predicted molar refractivity (Wildman–Crippen MR) is 76.1 cm³/mol. The van der Waals surface area contributed by atoms with Gasteiger partial charge in [-0.05, 0) is 36.7 Å². The molecule has 0 atom stereocenters. The first-order chi connectivity index (χ1) is 8.19. The maximum Gasteiger partial charge on any atom is 0.413 e. The van der Waals surface area contributed by atoms with Gasteiger partial charge in [0.1, 0.15) is 11.4 Å². The van der Waals surface area contributed by atoms with Crippen LogP contribution in [0.2, 0.25) is 0 Å². The topological polar surface area (TPSA) is 54.5 Å². The Morgan fingerprint density at radius 3 is 2.56 bits per heavy atom. The highest BCUT2D eigenvalue weighted by atomic mass is 79.9. The minimum absolute atomic E-state index is 0.455. The zero-order valence-electron chi connectivity index (χ0n) is 11.2. The molecule has 0 aliphatic heterocycles. The summed E-state index contributed by atoms with van der Waals surface area (Å²) >= 11 is 3.40. The number of hydrogen-bond acceptors (Lipinski definition) is 4. The lowest BCUT2D eigenvalue weighted by molar-refractivity contribution is 0.0635. The van der Waals surface area contributed by atoms with E-state index in [-0.39, 0.29) is 0 Å². The lowest BCUT2D eigenvalue weighted by atomic mass is 10.2. The third-order valence-corrected chi connectivity index (χ3v) is 2.56. The molecule has 100 valence electrons. The van der Waals surface area contributed by atoms with Crippen LogP contribution in [0.3, 0.4) is 0 Å². The second kappa shape index (κ2) is 5.56. The summed E-state index contributed by atoms with van der Waals surface area (Å²) in [4.78, 5) is 17.6. The highest BCUT2D eigenvalue weighted by Gasteiger charge is 2.17. The largest absolute Gasteiger partial charge is 0.444 e. The zero-order chi connectivity index (χ0) is 13.9. The van der Waals surface area contributed by atoms with Crippen LogP contribution in [0.25, 0.3) is 0 Å². The van der Waals surface area contributed by atoms with Crippen molar-refractivity contribution in [1.82, 2.24) is 4.98 Å². The molecule has 1 rings (SSSR count). The van der Waals surface area contributed by atoms with Gasteiger partial charge in [0.15, 0.2) is 0 Å². The van der Waals surface area contributed by atoms with Crippen molar-refractivity contribution in [1.29, 1.82) is 0 Å². The lowest BCUT2D eigenvalue weighted by Gasteiger charge is -2.20. The minimum atomic E-state index is -0.524. The van der Waals surface area contributed by atoms with Crippen molar-refractivity contribution in [2.45, 2.75) is 26.4 Å². The number of hydrogen-bond donors (Lipinski definition) is 1. The van der Waals surface area contributed by atoms with Gasteiger partial charge in [-0.15, -0.1) is 0 Å². The number of aromatic nitrogens is 1. The third kappa shape index (κ3) is 4.52.